The molecule has 1 aromatic carbocycles. The van der Waals surface area contributed by atoms with Gasteiger partial charge in [-0.05, 0) is 11.6 Å². The summed E-state index contributed by atoms with van der Waals surface area (Å²) in [6.45, 7) is 4.41. The first-order valence-electron chi connectivity index (χ1n) is 6.98. The highest BCUT2D eigenvalue weighted by atomic mass is 35.5. The summed E-state index contributed by atoms with van der Waals surface area (Å²) in [5.74, 6) is -0.743. The number of carbonyl (C=O) groups excluding carboxylic acids is 2. The summed E-state index contributed by atoms with van der Waals surface area (Å²) in [6, 6.07) is 7.64. The molecule has 0 unspecified atom stereocenters. The second-order valence-electron chi connectivity index (χ2n) is 5.39. The smallest absolute Gasteiger partial charge is 0.223 e. The molecular formula is C15H20ClN3O2. The van der Waals surface area contributed by atoms with Crippen LogP contribution in [0.1, 0.15) is 12.5 Å². The number of rotatable bonds is 3. The summed E-state index contributed by atoms with van der Waals surface area (Å²) >= 11 is 6.18. The third kappa shape index (κ3) is 4.19. The molecule has 1 atom stereocenters. The van der Waals surface area contributed by atoms with Crippen LogP contribution in [0.5, 0.6) is 0 Å². The number of primary amides is 1. The largest absolute Gasteiger partial charge is 0.369 e. The second-order valence-corrected chi connectivity index (χ2v) is 5.80. The zero-order valence-corrected chi connectivity index (χ0v) is 12.8. The minimum Gasteiger partial charge on any atom is -0.369 e. The van der Waals surface area contributed by atoms with Crippen LogP contribution in [0.3, 0.4) is 0 Å². The molecule has 0 spiro atoms. The van der Waals surface area contributed by atoms with Crippen molar-refractivity contribution in [1.82, 2.24) is 9.80 Å². The maximum absolute atomic E-state index is 11.6. The number of carbonyl (C=O) groups is 2. The molecule has 1 aliphatic heterocycles. The molecule has 1 heterocycles. The van der Waals surface area contributed by atoms with Gasteiger partial charge in [-0.3, -0.25) is 14.5 Å². The first-order valence-corrected chi connectivity index (χ1v) is 7.35. The summed E-state index contributed by atoms with van der Waals surface area (Å²) in [5.41, 5.74) is 6.47. The molecular weight excluding hydrogens is 290 g/mol. The van der Waals surface area contributed by atoms with E-state index in [1.165, 1.54) is 6.92 Å². The number of nitrogens with zero attached hydrogens (tertiary/aromatic N) is 2. The van der Waals surface area contributed by atoms with Crippen molar-refractivity contribution in [2.75, 3.05) is 26.2 Å². The Morgan fingerprint density at radius 1 is 1.29 bits per heavy atom. The fourth-order valence-corrected chi connectivity index (χ4v) is 2.75. The van der Waals surface area contributed by atoms with Gasteiger partial charge in [0.1, 0.15) is 0 Å². The number of nitrogens with two attached hydrogens (primary N) is 1. The molecule has 0 aromatic heterocycles. The third-order valence-electron chi connectivity index (χ3n) is 3.80. The topological polar surface area (TPSA) is 66.6 Å². The van der Waals surface area contributed by atoms with Crippen LogP contribution in [0.15, 0.2) is 24.3 Å². The lowest BCUT2D eigenvalue weighted by Gasteiger charge is -2.22. The van der Waals surface area contributed by atoms with Gasteiger partial charge in [0.2, 0.25) is 11.8 Å². The van der Waals surface area contributed by atoms with E-state index < -0.39 is 0 Å². The maximum atomic E-state index is 11.6. The lowest BCUT2D eigenvalue weighted by molar-refractivity contribution is -0.130. The number of amides is 2. The van der Waals surface area contributed by atoms with Gasteiger partial charge in [-0.1, -0.05) is 29.8 Å². The first-order chi connectivity index (χ1) is 9.97. The van der Waals surface area contributed by atoms with E-state index in [-0.39, 0.29) is 17.7 Å². The molecule has 2 N–H and O–H groups in total. The Balaban J connectivity index is 2.11. The van der Waals surface area contributed by atoms with E-state index in [4.69, 9.17) is 17.3 Å². The average Bonchev–Trinajstić information content (AvgIpc) is 2.64. The fourth-order valence-electron chi connectivity index (χ4n) is 2.56. The summed E-state index contributed by atoms with van der Waals surface area (Å²) in [6.07, 6.45) is 0. The Hall–Kier alpha value is -1.59. The van der Waals surface area contributed by atoms with Crippen molar-refractivity contribution >= 4 is 23.4 Å². The molecule has 0 aliphatic carbocycles. The number of hydrogen-bond donors (Lipinski definition) is 1. The molecule has 1 saturated heterocycles. The maximum Gasteiger partial charge on any atom is 0.223 e. The Labute approximate surface area is 129 Å². The van der Waals surface area contributed by atoms with Gasteiger partial charge < -0.3 is 10.6 Å². The molecule has 1 aromatic rings. The minimum absolute atomic E-state index is 0.0270. The van der Waals surface area contributed by atoms with Crippen molar-refractivity contribution in [3.05, 3.63) is 34.9 Å². The van der Waals surface area contributed by atoms with E-state index in [0.29, 0.717) is 37.7 Å². The highest BCUT2D eigenvalue weighted by molar-refractivity contribution is 6.31. The van der Waals surface area contributed by atoms with Crippen molar-refractivity contribution in [2.24, 2.45) is 11.7 Å². The minimum atomic E-state index is -0.368. The second kappa shape index (κ2) is 6.91. The normalized spacial score (nSPS) is 20.1. The summed E-state index contributed by atoms with van der Waals surface area (Å²) in [5, 5.41) is 0.709. The van der Waals surface area contributed by atoms with Gasteiger partial charge in [0.25, 0.3) is 0 Å². The zero-order valence-electron chi connectivity index (χ0n) is 12.1. The van der Waals surface area contributed by atoms with Gasteiger partial charge in [-0.25, -0.2) is 0 Å². The molecule has 2 rings (SSSR count). The molecule has 1 aliphatic rings. The lowest BCUT2D eigenvalue weighted by atomic mass is 10.1. The predicted octanol–water partition coefficient (Wildman–Crippen LogP) is 1.11. The highest BCUT2D eigenvalue weighted by Gasteiger charge is 2.27. The van der Waals surface area contributed by atoms with Gasteiger partial charge in [-0.15, -0.1) is 0 Å². The van der Waals surface area contributed by atoms with Crippen molar-refractivity contribution in [1.29, 1.82) is 0 Å². The molecule has 1 fully saturated rings. The van der Waals surface area contributed by atoms with Crippen LogP contribution in [-0.4, -0.2) is 47.8 Å². The van der Waals surface area contributed by atoms with Gasteiger partial charge in [0, 0.05) is 44.7 Å². The molecule has 114 valence electrons. The van der Waals surface area contributed by atoms with E-state index in [2.05, 4.69) is 4.90 Å². The molecule has 0 radical (unpaired) electrons. The van der Waals surface area contributed by atoms with Gasteiger partial charge in [0.05, 0.1) is 5.92 Å². The van der Waals surface area contributed by atoms with E-state index in [0.717, 1.165) is 5.56 Å². The van der Waals surface area contributed by atoms with Crippen LogP contribution in [0.25, 0.3) is 0 Å². The standard InChI is InChI=1S/C15H20ClN3O2/c1-11(20)19-7-6-18(9-13(10-19)15(17)21)8-12-4-2-3-5-14(12)16/h2-5,13H,6-10H2,1H3,(H2,17,21)/t13-/m1/s1. The molecule has 0 saturated carbocycles. The third-order valence-corrected chi connectivity index (χ3v) is 4.17. The van der Waals surface area contributed by atoms with Crippen LogP contribution in [-0.2, 0) is 16.1 Å². The van der Waals surface area contributed by atoms with Crippen LogP contribution in [0, 0.1) is 5.92 Å². The quantitative estimate of drug-likeness (QED) is 0.909. The van der Waals surface area contributed by atoms with E-state index in [9.17, 15) is 9.59 Å². The predicted molar refractivity (Wildman–Crippen MR) is 81.7 cm³/mol. The molecule has 2 amide bonds. The van der Waals surface area contributed by atoms with E-state index in [1.807, 2.05) is 24.3 Å². The Morgan fingerprint density at radius 2 is 2.00 bits per heavy atom. The number of benzene rings is 1. The Morgan fingerprint density at radius 3 is 2.62 bits per heavy atom. The molecule has 0 bridgehead atoms. The molecule has 5 nitrogen and oxygen atoms in total. The molecule has 21 heavy (non-hydrogen) atoms. The van der Waals surface area contributed by atoms with Crippen LogP contribution in [0.2, 0.25) is 5.02 Å². The van der Waals surface area contributed by atoms with E-state index >= 15 is 0 Å². The van der Waals surface area contributed by atoms with Crippen molar-refractivity contribution in [3.8, 4) is 0 Å². The van der Waals surface area contributed by atoms with Crippen molar-refractivity contribution in [2.45, 2.75) is 13.5 Å². The average molecular weight is 310 g/mol. The van der Waals surface area contributed by atoms with E-state index in [1.54, 1.807) is 4.90 Å². The van der Waals surface area contributed by atoms with Crippen LogP contribution in [0.4, 0.5) is 0 Å². The first kappa shape index (κ1) is 15.8. The highest BCUT2D eigenvalue weighted by Crippen LogP contribution is 2.19. The number of halogens is 1. The summed E-state index contributed by atoms with van der Waals surface area (Å²) in [4.78, 5) is 27.0. The lowest BCUT2D eigenvalue weighted by Crippen LogP contribution is -2.39. The van der Waals surface area contributed by atoms with Gasteiger partial charge >= 0.3 is 0 Å². The number of hydrogen-bond acceptors (Lipinski definition) is 3. The zero-order chi connectivity index (χ0) is 15.4. The Kier molecular flexibility index (Phi) is 5.20. The van der Waals surface area contributed by atoms with Crippen molar-refractivity contribution < 1.29 is 9.59 Å². The van der Waals surface area contributed by atoms with Gasteiger partial charge in [0.15, 0.2) is 0 Å². The SMILES string of the molecule is CC(=O)N1CCN(Cc2ccccc2Cl)C[C@@H](C(N)=O)C1. The van der Waals surface area contributed by atoms with Gasteiger partial charge in [-0.2, -0.15) is 0 Å². The summed E-state index contributed by atoms with van der Waals surface area (Å²) in [7, 11) is 0. The van der Waals surface area contributed by atoms with Crippen molar-refractivity contribution in [3.63, 3.8) is 0 Å². The summed E-state index contributed by atoms with van der Waals surface area (Å²) < 4.78 is 0. The van der Waals surface area contributed by atoms with Crippen LogP contribution >= 0.6 is 11.6 Å². The molecule has 6 heteroatoms. The monoisotopic (exact) mass is 309 g/mol. The Bertz CT molecular complexity index is 535. The fraction of sp³-hybridized carbons (Fsp3) is 0.467. The van der Waals surface area contributed by atoms with Crippen LogP contribution < -0.4 is 5.73 Å².